The van der Waals surface area contributed by atoms with E-state index in [1.165, 1.54) is 6.07 Å². The van der Waals surface area contributed by atoms with Crippen LogP contribution < -0.4 is 0 Å². The number of hydrogen-bond acceptors (Lipinski definition) is 2. The van der Waals surface area contributed by atoms with Gasteiger partial charge in [0.15, 0.2) is 0 Å². The zero-order valence-electron chi connectivity index (χ0n) is 10.5. The van der Waals surface area contributed by atoms with Gasteiger partial charge in [-0.15, -0.1) is 0 Å². The second-order valence-corrected chi connectivity index (χ2v) is 5.60. The molecule has 0 radical (unpaired) electrons. The topological polar surface area (TPSA) is 21.6 Å². The second-order valence-electron chi connectivity index (χ2n) is 4.75. The van der Waals surface area contributed by atoms with Crippen molar-refractivity contribution < 1.29 is 17.9 Å². The van der Waals surface area contributed by atoms with Crippen molar-refractivity contribution in [2.45, 2.75) is 26.1 Å². The average molecular weight is 336 g/mol. The average Bonchev–Trinajstić information content (AvgIpc) is 2.76. The Labute approximate surface area is 117 Å². The standard InChI is InChI=1S/C13H13BrF3NO/c1-7(2)11-6-19-12(18-11)9-4-3-8(5-10(9)14)13(15,16)17/h3-5,7,11H,6H2,1-2H3/t11-/m1/s1. The van der Waals surface area contributed by atoms with E-state index in [1.54, 1.807) is 0 Å². The molecular formula is C13H13BrF3NO. The van der Waals surface area contributed by atoms with E-state index in [4.69, 9.17) is 4.74 Å². The highest BCUT2D eigenvalue weighted by molar-refractivity contribution is 9.10. The van der Waals surface area contributed by atoms with E-state index >= 15 is 0 Å². The van der Waals surface area contributed by atoms with E-state index in [0.717, 1.165) is 12.1 Å². The first-order chi connectivity index (χ1) is 8.79. The third-order valence-corrected chi connectivity index (χ3v) is 3.63. The number of ether oxygens (including phenoxy) is 1. The zero-order valence-corrected chi connectivity index (χ0v) is 12.0. The lowest BCUT2D eigenvalue weighted by Gasteiger charge is -2.09. The van der Waals surface area contributed by atoms with Crippen LogP contribution in [0.3, 0.4) is 0 Å². The molecule has 104 valence electrons. The lowest BCUT2D eigenvalue weighted by molar-refractivity contribution is -0.137. The van der Waals surface area contributed by atoms with Gasteiger partial charge in [-0.3, -0.25) is 0 Å². The molecule has 0 saturated heterocycles. The van der Waals surface area contributed by atoms with Crippen molar-refractivity contribution in [3.05, 3.63) is 33.8 Å². The highest BCUT2D eigenvalue weighted by atomic mass is 79.9. The maximum atomic E-state index is 12.6. The smallest absolute Gasteiger partial charge is 0.416 e. The van der Waals surface area contributed by atoms with Gasteiger partial charge in [0.05, 0.1) is 17.2 Å². The van der Waals surface area contributed by atoms with Gasteiger partial charge in [0.25, 0.3) is 0 Å². The number of benzene rings is 1. The van der Waals surface area contributed by atoms with Gasteiger partial charge in [-0.2, -0.15) is 13.2 Å². The summed E-state index contributed by atoms with van der Waals surface area (Å²) in [5, 5.41) is 0. The van der Waals surface area contributed by atoms with Crippen LogP contribution >= 0.6 is 15.9 Å². The van der Waals surface area contributed by atoms with Crippen LogP contribution in [0.5, 0.6) is 0 Å². The summed E-state index contributed by atoms with van der Waals surface area (Å²) in [6.45, 7) is 4.53. The SMILES string of the molecule is CC(C)[C@H]1COC(c2ccc(C(F)(F)F)cc2Br)=N1. The zero-order chi connectivity index (χ0) is 14.2. The van der Waals surface area contributed by atoms with Crippen molar-refractivity contribution in [1.29, 1.82) is 0 Å². The Morgan fingerprint density at radius 2 is 2.05 bits per heavy atom. The van der Waals surface area contributed by atoms with Crippen LogP contribution in [0.25, 0.3) is 0 Å². The minimum Gasteiger partial charge on any atom is -0.475 e. The number of halogens is 4. The molecule has 2 rings (SSSR count). The van der Waals surface area contributed by atoms with Crippen LogP contribution in [-0.4, -0.2) is 18.5 Å². The van der Waals surface area contributed by atoms with Crippen molar-refractivity contribution >= 4 is 21.8 Å². The molecule has 0 N–H and O–H groups in total. The number of alkyl halides is 3. The Bertz CT molecular complexity index is 511. The summed E-state index contributed by atoms with van der Waals surface area (Å²) >= 11 is 3.15. The number of aliphatic imine (C=N–C) groups is 1. The summed E-state index contributed by atoms with van der Waals surface area (Å²) in [6.07, 6.45) is -4.35. The fourth-order valence-corrected chi connectivity index (χ4v) is 2.29. The Hall–Kier alpha value is -1.04. The molecule has 6 heteroatoms. The van der Waals surface area contributed by atoms with Gasteiger partial charge in [-0.05, 0) is 40.0 Å². The molecule has 0 amide bonds. The normalized spacial score (nSPS) is 19.5. The summed E-state index contributed by atoms with van der Waals surface area (Å²) in [5.41, 5.74) is -0.140. The number of rotatable bonds is 2. The Morgan fingerprint density at radius 3 is 2.53 bits per heavy atom. The third kappa shape index (κ3) is 3.11. The van der Waals surface area contributed by atoms with Crippen molar-refractivity contribution in [3.63, 3.8) is 0 Å². The molecule has 0 saturated carbocycles. The molecule has 1 atom stereocenters. The number of hydrogen-bond donors (Lipinski definition) is 0. The first-order valence-corrected chi connectivity index (χ1v) is 6.66. The highest BCUT2D eigenvalue weighted by Gasteiger charge is 2.32. The van der Waals surface area contributed by atoms with Gasteiger partial charge < -0.3 is 4.74 Å². The van der Waals surface area contributed by atoms with Crippen molar-refractivity contribution in [2.75, 3.05) is 6.61 Å². The molecule has 0 bridgehead atoms. The van der Waals surface area contributed by atoms with Crippen molar-refractivity contribution in [3.8, 4) is 0 Å². The maximum absolute atomic E-state index is 12.6. The first-order valence-electron chi connectivity index (χ1n) is 5.86. The van der Waals surface area contributed by atoms with Crippen LogP contribution in [-0.2, 0) is 10.9 Å². The summed E-state index contributed by atoms with van der Waals surface area (Å²) in [4.78, 5) is 4.39. The van der Waals surface area contributed by atoms with Gasteiger partial charge in [-0.25, -0.2) is 4.99 Å². The van der Waals surface area contributed by atoms with E-state index < -0.39 is 11.7 Å². The lowest BCUT2D eigenvalue weighted by atomic mass is 10.1. The largest absolute Gasteiger partial charge is 0.475 e. The molecule has 1 aromatic carbocycles. The molecule has 19 heavy (non-hydrogen) atoms. The molecule has 0 unspecified atom stereocenters. The summed E-state index contributed by atoms with van der Waals surface area (Å²) < 4.78 is 43.5. The van der Waals surface area contributed by atoms with Crippen molar-refractivity contribution in [2.24, 2.45) is 10.9 Å². The Balaban J connectivity index is 2.30. The van der Waals surface area contributed by atoms with E-state index in [0.29, 0.717) is 28.5 Å². The molecule has 0 spiro atoms. The predicted octanol–water partition coefficient (Wildman–Crippen LogP) is 4.27. The van der Waals surface area contributed by atoms with Crippen LogP contribution in [0.2, 0.25) is 0 Å². The van der Waals surface area contributed by atoms with E-state index in [2.05, 4.69) is 20.9 Å². The third-order valence-electron chi connectivity index (χ3n) is 2.97. The van der Waals surface area contributed by atoms with E-state index in [9.17, 15) is 13.2 Å². The molecule has 0 aromatic heterocycles. The fourth-order valence-electron chi connectivity index (χ4n) is 1.74. The summed E-state index contributed by atoms with van der Waals surface area (Å²) in [6, 6.07) is 3.52. The lowest BCUT2D eigenvalue weighted by Crippen LogP contribution is -2.13. The van der Waals surface area contributed by atoms with E-state index in [1.807, 2.05) is 13.8 Å². The molecule has 2 nitrogen and oxygen atoms in total. The van der Waals surface area contributed by atoms with Gasteiger partial charge in [-0.1, -0.05) is 13.8 Å². The highest BCUT2D eigenvalue weighted by Crippen LogP contribution is 2.33. The van der Waals surface area contributed by atoms with Gasteiger partial charge >= 0.3 is 6.18 Å². The molecule has 0 aliphatic carbocycles. The summed E-state index contributed by atoms with van der Waals surface area (Å²) in [7, 11) is 0. The van der Waals surface area contributed by atoms with Crippen LogP contribution in [0.4, 0.5) is 13.2 Å². The number of nitrogens with zero attached hydrogens (tertiary/aromatic N) is 1. The maximum Gasteiger partial charge on any atom is 0.416 e. The predicted molar refractivity (Wildman–Crippen MR) is 70.3 cm³/mol. The van der Waals surface area contributed by atoms with Gasteiger partial charge in [0, 0.05) is 4.47 Å². The molecular weight excluding hydrogens is 323 g/mol. The van der Waals surface area contributed by atoms with Crippen LogP contribution in [0, 0.1) is 5.92 Å². The minimum atomic E-state index is -4.35. The van der Waals surface area contributed by atoms with E-state index in [-0.39, 0.29) is 6.04 Å². The first kappa shape index (κ1) is 14.4. The van der Waals surface area contributed by atoms with Crippen LogP contribution in [0.1, 0.15) is 25.0 Å². The Morgan fingerprint density at radius 1 is 1.37 bits per heavy atom. The quantitative estimate of drug-likeness (QED) is 0.790. The minimum absolute atomic E-state index is 0.0594. The van der Waals surface area contributed by atoms with Crippen LogP contribution in [0.15, 0.2) is 27.7 Å². The monoisotopic (exact) mass is 335 g/mol. The summed E-state index contributed by atoms with van der Waals surface area (Å²) in [5.74, 6) is 0.741. The van der Waals surface area contributed by atoms with Crippen molar-refractivity contribution in [1.82, 2.24) is 0 Å². The second kappa shape index (κ2) is 5.15. The molecule has 0 fully saturated rings. The molecule has 1 heterocycles. The fraction of sp³-hybridized carbons (Fsp3) is 0.462. The molecule has 1 aliphatic heterocycles. The van der Waals surface area contributed by atoms with Gasteiger partial charge in [0.2, 0.25) is 5.90 Å². The molecule has 1 aliphatic rings. The van der Waals surface area contributed by atoms with Gasteiger partial charge in [0.1, 0.15) is 6.61 Å². The Kier molecular flexibility index (Phi) is 3.90. The molecule has 1 aromatic rings.